The van der Waals surface area contributed by atoms with Crippen LogP contribution < -0.4 is 0 Å². The first-order valence-electron chi connectivity index (χ1n) is 15.4. The van der Waals surface area contributed by atoms with Gasteiger partial charge in [0.15, 0.2) is 0 Å². The highest BCUT2D eigenvalue weighted by Gasteiger charge is 2.67. The Labute approximate surface area is 246 Å². The SMILES string of the molecule is Cc1ccc(S(=O)(=O)/N=C/C(=O)O[C@@H]2C[C@H]3CC[C@]2(CS(=O)(=O)N(C2CCCCC2)C2CCCCC2)C3(C)C)cc1. The minimum absolute atomic E-state index is 0.00119. The minimum atomic E-state index is -4.05. The summed E-state index contributed by atoms with van der Waals surface area (Å²) in [7, 11) is -7.70. The maximum absolute atomic E-state index is 14.5. The lowest BCUT2D eigenvalue weighted by Gasteiger charge is -2.46. The number of benzene rings is 1. The van der Waals surface area contributed by atoms with Crippen LogP contribution >= 0.6 is 0 Å². The Morgan fingerprint density at radius 2 is 1.49 bits per heavy atom. The molecule has 0 amide bonds. The number of aryl methyl sites for hydroxylation is 1. The standard InChI is InChI=1S/C31H46N2O6S2/c1-23-14-16-27(17-15-23)41(37,38)32-21-29(34)39-28-20-24-18-19-31(28,30(24,2)3)22-40(35,36)33(25-10-6-4-7-11-25)26-12-8-5-9-13-26/h14-17,21,24-26,28H,4-13,18-20,22H2,1-3H3/b32-21+/t24-,28-,31-/m1/s1. The van der Waals surface area contributed by atoms with Crippen molar-refractivity contribution in [2.24, 2.45) is 21.1 Å². The first-order chi connectivity index (χ1) is 19.4. The summed E-state index contributed by atoms with van der Waals surface area (Å²) in [6.45, 7) is 6.10. The molecule has 1 aromatic rings. The van der Waals surface area contributed by atoms with Crippen LogP contribution in [0, 0.1) is 23.7 Å². The highest BCUT2D eigenvalue weighted by molar-refractivity contribution is 7.90. The van der Waals surface area contributed by atoms with E-state index >= 15 is 0 Å². The summed E-state index contributed by atoms with van der Waals surface area (Å²) in [4.78, 5) is 13.0. The second kappa shape index (κ2) is 11.7. The lowest BCUT2D eigenvalue weighted by atomic mass is 9.69. The quantitative estimate of drug-likeness (QED) is 0.260. The number of carbonyl (C=O) groups is 1. The van der Waals surface area contributed by atoms with Gasteiger partial charge in [0.2, 0.25) is 10.0 Å². The first-order valence-corrected chi connectivity index (χ1v) is 18.5. The Balaban J connectivity index is 1.38. The Hall–Kier alpha value is -1.78. The Bertz CT molecular complexity index is 1330. The molecule has 4 aliphatic rings. The molecular weight excluding hydrogens is 560 g/mol. The maximum Gasteiger partial charge on any atom is 0.350 e. The fourth-order valence-corrected chi connectivity index (χ4v) is 12.0. The van der Waals surface area contributed by atoms with Crippen molar-refractivity contribution in [2.45, 2.75) is 127 Å². The number of hydrogen-bond donors (Lipinski definition) is 0. The summed E-state index contributed by atoms with van der Waals surface area (Å²) in [5.74, 6) is -0.642. The molecule has 0 radical (unpaired) electrons. The van der Waals surface area contributed by atoms with Gasteiger partial charge in [0.25, 0.3) is 10.0 Å². The minimum Gasteiger partial charge on any atom is -0.457 e. The number of nitrogens with zero attached hydrogens (tertiary/aromatic N) is 2. The van der Waals surface area contributed by atoms with Crippen molar-refractivity contribution in [1.29, 1.82) is 0 Å². The van der Waals surface area contributed by atoms with Gasteiger partial charge >= 0.3 is 5.97 Å². The third kappa shape index (κ3) is 6.03. The second-order valence-electron chi connectivity index (χ2n) is 13.5. The average Bonchev–Trinajstić information content (AvgIpc) is 3.28. The fraction of sp³-hybridized carbons (Fsp3) is 0.742. The van der Waals surface area contributed by atoms with Crippen LogP contribution in [0.25, 0.3) is 0 Å². The number of rotatable bonds is 9. The van der Waals surface area contributed by atoms with Crippen molar-refractivity contribution in [2.75, 3.05) is 5.75 Å². The van der Waals surface area contributed by atoms with Gasteiger partial charge in [-0.25, -0.2) is 13.2 Å². The van der Waals surface area contributed by atoms with Crippen LogP contribution in [0.3, 0.4) is 0 Å². The predicted molar refractivity (Wildman–Crippen MR) is 160 cm³/mol. The van der Waals surface area contributed by atoms with Gasteiger partial charge in [-0.05, 0) is 75.3 Å². The van der Waals surface area contributed by atoms with Gasteiger partial charge in [-0.2, -0.15) is 17.1 Å². The Kier molecular flexibility index (Phi) is 8.77. The number of fused-ring (bicyclic) bond motifs is 2. The molecule has 4 aliphatic carbocycles. The van der Waals surface area contributed by atoms with E-state index in [4.69, 9.17) is 4.74 Å². The molecule has 4 saturated carbocycles. The van der Waals surface area contributed by atoms with Crippen LogP contribution in [-0.2, 0) is 29.6 Å². The monoisotopic (exact) mass is 606 g/mol. The third-order valence-electron chi connectivity index (χ3n) is 10.9. The molecule has 5 rings (SSSR count). The molecule has 2 bridgehead atoms. The molecule has 4 fully saturated rings. The third-order valence-corrected chi connectivity index (χ3v) is 14.2. The van der Waals surface area contributed by atoms with E-state index in [1.807, 2.05) is 11.2 Å². The average molecular weight is 607 g/mol. The van der Waals surface area contributed by atoms with Crippen LogP contribution in [0.1, 0.15) is 103 Å². The van der Waals surface area contributed by atoms with Crippen LogP contribution in [0.15, 0.2) is 33.6 Å². The lowest BCUT2D eigenvalue weighted by molar-refractivity contribution is -0.147. The van der Waals surface area contributed by atoms with Crippen molar-refractivity contribution < 1.29 is 26.4 Å². The van der Waals surface area contributed by atoms with Crippen molar-refractivity contribution in [3.63, 3.8) is 0 Å². The van der Waals surface area contributed by atoms with E-state index in [2.05, 4.69) is 18.2 Å². The molecule has 3 atom stereocenters. The summed E-state index contributed by atoms with van der Waals surface area (Å²) in [6, 6.07) is 6.36. The van der Waals surface area contributed by atoms with E-state index in [9.17, 15) is 21.6 Å². The van der Waals surface area contributed by atoms with Crippen molar-refractivity contribution >= 4 is 32.2 Å². The van der Waals surface area contributed by atoms with E-state index < -0.39 is 37.5 Å². The van der Waals surface area contributed by atoms with E-state index in [0.29, 0.717) is 12.8 Å². The normalized spacial score (nSPS) is 29.4. The van der Waals surface area contributed by atoms with Gasteiger partial charge in [0.1, 0.15) is 12.3 Å². The van der Waals surface area contributed by atoms with Crippen LogP contribution in [0.2, 0.25) is 0 Å². The molecule has 0 aliphatic heterocycles. The summed E-state index contributed by atoms with van der Waals surface area (Å²) in [5.41, 5.74) is -0.143. The zero-order valence-corrected chi connectivity index (χ0v) is 26.4. The number of ether oxygens (including phenoxy) is 1. The smallest absolute Gasteiger partial charge is 0.350 e. The molecule has 10 heteroatoms. The van der Waals surface area contributed by atoms with E-state index in [-0.39, 0.29) is 34.1 Å². The van der Waals surface area contributed by atoms with E-state index in [1.165, 1.54) is 12.1 Å². The number of esters is 1. The van der Waals surface area contributed by atoms with Crippen molar-refractivity contribution in [1.82, 2.24) is 4.31 Å². The molecule has 0 saturated heterocycles. The van der Waals surface area contributed by atoms with Crippen LogP contribution in [0.4, 0.5) is 0 Å². The molecule has 0 aromatic heterocycles. The molecule has 8 nitrogen and oxygen atoms in total. The fourth-order valence-electron chi connectivity index (χ4n) is 8.38. The molecular formula is C31H46N2O6S2. The summed E-state index contributed by atoms with van der Waals surface area (Å²) in [5, 5.41) is 0. The van der Waals surface area contributed by atoms with Crippen molar-refractivity contribution in [3.05, 3.63) is 29.8 Å². The highest BCUT2D eigenvalue weighted by atomic mass is 32.2. The topological polar surface area (TPSA) is 110 Å². The lowest BCUT2D eigenvalue weighted by Crippen LogP contribution is -2.54. The van der Waals surface area contributed by atoms with E-state index in [1.54, 1.807) is 12.1 Å². The summed E-state index contributed by atoms with van der Waals surface area (Å²) < 4.78 is 65.7. The maximum atomic E-state index is 14.5. The Morgan fingerprint density at radius 3 is 2.02 bits per heavy atom. The Morgan fingerprint density at radius 1 is 0.927 bits per heavy atom. The van der Waals surface area contributed by atoms with Gasteiger partial charge in [-0.3, -0.25) is 0 Å². The number of hydrogen-bond acceptors (Lipinski definition) is 6. The number of sulfonamides is 2. The van der Waals surface area contributed by atoms with Gasteiger partial charge in [0, 0.05) is 17.5 Å². The summed E-state index contributed by atoms with van der Waals surface area (Å²) in [6.07, 6.45) is 12.5. The largest absolute Gasteiger partial charge is 0.457 e. The number of carbonyl (C=O) groups excluding carboxylic acids is 1. The van der Waals surface area contributed by atoms with Crippen molar-refractivity contribution in [3.8, 4) is 0 Å². The zero-order chi connectivity index (χ0) is 29.5. The molecule has 0 unspecified atom stereocenters. The molecule has 228 valence electrons. The van der Waals surface area contributed by atoms with Gasteiger partial charge in [-0.15, -0.1) is 0 Å². The van der Waals surface area contributed by atoms with E-state index in [0.717, 1.165) is 82.4 Å². The summed E-state index contributed by atoms with van der Waals surface area (Å²) >= 11 is 0. The zero-order valence-electron chi connectivity index (χ0n) is 24.8. The van der Waals surface area contributed by atoms with Crippen LogP contribution in [-0.4, -0.2) is 57.3 Å². The first kappa shape index (κ1) is 30.7. The predicted octanol–water partition coefficient (Wildman–Crippen LogP) is 5.79. The molecule has 1 aromatic carbocycles. The van der Waals surface area contributed by atoms with Gasteiger partial charge < -0.3 is 4.74 Å². The molecule has 0 spiro atoms. The van der Waals surface area contributed by atoms with Gasteiger partial charge in [-0.1, -0.05) is 70.1 Å². The second-order valence-corrected chi connectivity index (χ2v) is 17.0. The van der Waals surface area contributed by atoms with Crippen LogP contribution in [0.5, 0.6) is 0 Å². The molecule has 0 N–H and O–H groups in total. The molecule has 41 heavy (non-hydrogen) atoms. The van der Waals surface area contributed by atoms with Gasteiger partial charge in [0.05, 0.1) is 10.6 Å². The highest BCUT2D eigenvalue weighted by Crippen LogP contribution is 2.67. The molecule has 0 heterocycles.